The molecule has 31 heavy (non-hydrogen) atoms. The molecule has 3 aliphatic rings. The zero-order valence-corrected chi connectivity index (χ0v) is 19.2. The smallest absolute Gasteiger partial charge is 0.228 e. The fourth-order valence-electron chi connectivity index (χ4n) is 5.77. The molecular formula is C25H38N4O2. The van der Waals surface area contributed by atoms with Crippen molar-refractivity contribution in [1.82, 2.24) is 19.7 Å². The Balaban J connectivity index is 1.48. The summed E-state index contributed by atoms with van der Waals surface area (Å²) >= 11 is 0. The van der Waals surface area contributed by atoms with E-state index in [-0.39, 0.29) is 23.8 Å². The number of hydrogen-bond acceptors (Lipinski definition) is 4. The van der Waals surface area contributed by atoms with Crippen LogP contribution < -0.4 is 0 Å². The molecule has 6 nitrogen and oxygen atoms in total. The predicted molar refractivity (Wildman–Crippen MR) is 121 cm³/mol. The average molecular weight is 427 g/mol. The number of nitrogens with zero attached hydrogens (tertiary/aromatic N) is 4. The van der Waals surface area contributed by atoms with Gasteiger partial charge in [-0.2, -0.15) is 0 Å². The van der Waals surface area contributed by atoms with Gasteiger partial charge in [-0.1, -0.05) is 39.2 Å². The Morgan fingerprint density at radius 1 is 1.10 bits per heavy atom. The van der Waals surface area contributed by atoms with Gasteiger partial charge in [-0.05, 0) is 36.8 Å². The molecule has 0 N–H and O–H groups in total. The molecule has 170 valence electrons. The number of hydrogen-bond donors (Lipinski definition) is 0. The second-order valence-electron chi connectivity index (χ2n) is 9.97. The first-order valence-corrected chi connectivity index (χ1v) is 12.3. The van der Waals surface area contributed by atoms with E-state index in [9.17, 15) is 9.59 Å². The molecule has 4 rings (SSSR count). The summed E-state index contributed by atoms with van der Waals surface area (Å²) in [4.78, 5) is 37.5. The van der Waals surface area contributed by atoms with Gasteiger partial charge in [0.05, 0.1) is 12.0 Å². The van der Waals surface area contributed by atoms with Gasteiger partial charge in [-0.3, -0.25) is 19.5 Å². The lowest BCUT2D eigenvalue weighted by atomic mass is 9.83. The first-order chi connectivity index (χ1) is 15.0. The summed E-state index contributed by atoms with van der Waals surface area (Å²) in [6, 6.07) is 4.43. The molecule has 1 aromatic rings. The van der Waals surface area contributed by atoms with Crippen LogP contribution in [0.1, 0.15) is 70.4 Å². The highest BCUT2D eigenvalue weighted by Gasteiger charge is 2.43. The monoisotopic (exact) mass is 426 g/mol. The van der Waals surface area contributed by atoms with E-state index in [1.54, 1.807) is 6.20 Å². The van der Waals surface area contributed by atoms with Gasteiger partial charge in [0.15, 0.2) is 0 Å². The summed E-state index contributed by atoms with van der Waals surface area (Å²) in [5, 5.41) is 0. The summed E-state index contributed by atoms with van der Waals surface area (Å²) in [7, 11) is 0. The molecule has 6 heteroatoms. The number of amides is 2. The van der Waals surface area contributed by atoms with E-state index in [1.807, 2.05) is 23.2 Å². The van der Waals surface area contributed by atoms with Crippen LogP contribution in [0.25, 0.3) is 0 Å². The lowest BCUT2D eigenvalue weighted by Crippen LogP contribution is -2.56. The largest absolute Gasteiger partial charge is 0.340 e. The van der Waals surface area contributed by atoms with Crippen molar-refractivity contribution in [1.29, 1.82) is 0 Å². The van der Waals surface area contributed by atoms with Gasteiger partial charge in [0, 0.05) is 57.6 Å². The molecule has 0 spiro atoms. The van der Waals surface area contributed by atoms with E-state index in [2.05, 4.69) is 28.6 Å². The van der Waals surface area contributed by atoms with Gasteiger partial charge in [0.2, 0.25) is 11.8 Å². The van der Waals surface area contributed by atoms with Crippen molar-refractivity contribution in [3.05, 3.63) is 30.1 Å². The highest BCUT2D eigenvalue weighted by atomic mass is 16.2. The summed E-state index contributed by atoms with van der Waals surface area (Å²) in [6.45, 7) is 8.52. The minimum absolute atomic E-state index is 0.161. The van der Waals surface area contributed by atoms with Crippen LogP contribution in [-0.4, -0.2) is 70.3 Å². The number of rotatable bonds is 5. The van der Waals surface area contributed by atoms with Crippen LogP contribution in [0.15, 0.2) is 24.5 Å². The van der Waals surface area contributed by atoms with Crippen LogP contribution in [-0.2, 0) is 9.59 Å². The number of carbonyl (C=O) groups excluding carboxylic acids is 2. The fourth-order valence-corrected chi connectivity index (χ4v) is 5.77. The Morgan fingerprint density at radius 3 is 2.48 bits per heavy atom. The Bertz CT molecular complexity index is 739. The van der Waals surface area contributed by atoms with Gasteiger partial charge in [0.25, 0.3) is 0 Å². The van der Waals surface area contributed by atoms with Gasteiger partial charge in [-0.25, -0.2) is 0 Å². The lowest BCUT2D eigenvalue weighted by molar-refractivity contribution is -0.150. The van der Waals surface area contributed by atoms with Crippen molar-refractivity contribution in [3.8, 4) is 0 Å². The van der Waals surface area contributed by atoms with Crippen molar-refractivity contribution >= 4 is 11.8 Å². The van der Waals surface area contributed by atoms with E-state index in [4.69, 9.17) is 0 Å². The van der Waals surface area contributed by atoms with Gasteiger partial charge in [-0.15, -0.1) is 0 Å². The summed E-state index contributed by atoms with van der Waals surface area (Å²) < 4.78 is 0. The maximum atomic E-state index is 13.7. The molecule has 0 radical (unpaired) electrons. The molecule has 0 bridgehead atoms. The van der Waals surface area contributed by atoms with Crippen LogP contribution in [0.3, 0.4) is 0 Å². The second-order valence-corrected chi connectivity index (χ2v) is 9.97. The molecule has 2 saturated heterocycles. The molecule has 2 aliphatic heterocycles. The second kappa shape index (κ2) is 10.1. The van der Waals surface area contributed by atoms with Crippen LogP contribution in [0.4, 0.5) is 0 Å². The molecule has 2 atom stereocenters. The normalized spacial score (nSPS) is 26.5. The number of piperazine rings is 1. The highest BCUT2D eigenvalue weighted by Crippen LogP contribution is 2.38. The molecule has 1 aliphatic carbocycles. The standard InChI is InChI=1S/C25H38N4O2/c1-19(2)18-29-23(30)11-10-22(24(29)20-7-6-12-26-17-20)25(31)28-15-13-27(14-16-28)21-8-4-3-5-9-21/h6-7,12,17,19,21-22,24H,3-5,8-11,13-16,18H2,1-2H3/t22-,24+/m1/s1. The molecule has 0 unspecified atom stereocenters. The fraction of sp³-hybridized carbons (Fsp3) is 0.720. The maximum Gasteiger partial charge on any atom is 0.228 e. The Hall–Kier alpha value is -1.95. The Labute approximate surface area is 187 Å². The van der Waals surface area contributed by atoms with E-state index in [0.29, 0.717) is 31.3 Å². The Morgan fingerprint density at radius 2 is 1.84 bits per heavy atom. The summed E-state index contributed by atoms with van der Waals surface area (Å²) in [5.74, 6) is 0.560. The van der Waals surface area contributed by atoms with Crippen molar-refractivity contribution < 1.29 is 9.59 Å². The molecule has 0 aromatic carbocycles. The molecule has 3 fully saturated rings. The zero-order chi connectivity index (χ0) is 21.8. The first kappa shape index (κ1) is 22.3. The first-order valence-electron chi connectivity index (χ1n) is 12.3. The van der Waals surface area contributed by atoms with Gasteiger partial charge in [0.1, 0.15) is 0 Å². The summed E-state index contributed by atoms with van der Waals surface area (Å²) in [5.41, 5.74) is 0.982. The third-order valence-electron chi connectivity index (χ3n) is 7.33. The molecule has 2 amide bonds. The maximum absolute atomic E-state index is 13.7. The zero-order valence-electron chi connectivity index (χ0n) is 19.2. The predicted octanol–water partition coefficient (Wildman–Crippen LogP) is 3.49. The van der Waals surface area contributed by atoms with Crippen LogP contribution in [0.2, 0.25) is 0 Å². The minimum Gasteiger partial charge on any atom is -0.340 e. The van der Waals surface area contributed by atoms with Crippen molar-refractivity contribution in [2.24, 2.45) is 11.8 Å². The third kappa shape index (κ3) is 5.11. The van der Waals surface area contributed by atoms with Crippen LogP contribution in [0.5, 0.6) is 0 Å². The highest BCUT2D eigenvalue weighted by molar-refractivity contribution is 5.85. The number of carbonyl (C=O) groups is 2. The molecule has 3 heterocycles. The number of pyridine rings is 1. The molecule has 1 aromatic heterocycles. The van der Waals surface area contributed by atoms with Crippen molar-refractivity contribution in [3.63, 3.8) is 0 Å². The van der Waals surface area contributed by atoms with Crippen molar-refractivity contribution in [2.45, 2.75) is 70.9 Å². The van der Waals surface area contributed by atoms with E-state index in [1.165, 1.54) is 32.1 Å². The van der Waals surface area contributed by atoms with Crippen molar-refractivity contribution in [2.75, 3.05) is 32.7 Å². The quantitative estimate of drug-likeness (QED) is 0.723. The SMILES string of the molecule is CC(C)CN1C(=O)CC[C@@H](C(=O)N2CCN(C3CCCCC3)CC2)[C@@H]1c1cccnc1. The van der Waals surface area contributed by atoms with Crippen LogP contribution in [0, 0.1) is 11.8 Å². The van der Waals surface area contributed by atoms with Gasteiger partial charge < -0.3 is 9.80 Å². The number of likely N-dealkylation sites (tertiary alicyclic amines) is 1. The van der Waals surface area contributed by atoms with Gasteiger partial charge >= 0.3 is 0 Å². The van der Waals surface area contributed by atoms with E-state index in [0.717, 1.165) is 31.7 Å². The number of piperidine rings is 1. The van der Waals surface area contributed by atoms with E-state index >= 15 is 0 Å². The molecule has 1 saturated carbocycles. The lowest BCUT2D eigenvalue weighted by Gasteiger charge is -2.45. The Kier molecular flexibility index (Phi) is 7.26. The molecular weight excluding hydrogens is 388 g/mol. The minimum atomic E-state index is -0.207. The van der Waals surface area contributed by atoms with E-state index < -0.39 is 0 Å². The summed E-state index contributed by atoms with van der Waals surface area (Å²) in [6.07, 6.45) is 11.4. The number of aromatic nitrogens is 1. The van der Waals surface area contributed by atoms with Crippen LogP contribution >= 0.6 is 0 Å². The third-order valence-corrected chi connectivity index (χ3v) is 7.33. The topological polar surface area (TPSA) is 56.8 Å². The average Bonchev–Trinajstić information content (AvgIpc) is 2.81.